The molecule has 7 heteroatoms. The molecule has 0 aromatic heterocycles. The highest BCUT2D eigenvalue weighted by Gasteiger charge is 2.66. The van der Waals surface area contributed by atoms with Gasteiger partial charge < -0.3 is 24.4 Å². The van der Waals surface area contributed by atoms with Gasteiger partial charge in [-0.2, -0.15) is 0 Å². The van der Waals surface area contributed by atoms with Crippen molar-refractivity contribution >= 4 is 29.9 Å². The van der Waals surface area contributed by atoms with Gasteiger partial charge in [0.15, 0.2) is 5.96 Å². The Morgan fingerprint density at radius 3 is 2.58 bits per heavy atom. The van der Waals surface area contributed by atoms with Crippen molar-refractivity contribution in [3.05, 3.63) is 0 Å². The summed E-state index contributed by atoms with van der Waals surface area (Å²) in [7, 11) is 1.91. The molecule has 148 valence electrons. The minimum atomic E-state index is 0. The summed E-state index contributed by atoms with van der Waals surface area (Å²) in [5.41, 5.74) is 0.386. The van der Waals surface area contributed by atoms with Gasteiger partial charge in [-0.3, -0.25) is 4.99 Å². The van der Waals surface area contributed by atoms with Gasteiger partial charge in [0.1, 0.15) is 6.10 Å². The van der Waals surface area contributed by atoms with Crippen molar-refractivity contribution in [2.75, 3.05) is 40.0 Å². The third-order valence-electron chi connectivity index (χ3n) is 7.31. The monoisotopic (exact) mass is 477 g/mol. The fourth-order valence-corrected chi connectivity index (χ4v) is 5.88. The van der Waals surface area contributed by atoms with Gasteiger partial charge in [-0.1, -0.05) is 6.42 Å². The molecular weight excluding hydrogens is 445 g/mol. The second kappa shape index (κ2) is 7.72. The molecule has 26 heavy (non-hydrogen) atoms. The lowest BCUT2D eigenvalue weighted by atomic mass is 9.46. The average Bonchev–Trinajstić information content (AvgIpc) is 3.25. The Hall–Kier alpha value is -0.120. The van der Waals surface area contributed by atoms with Crippen molar-refractivity contribution in [2.45, 2.75) is 62.9 Å². The largest absolute Gasteiger partial charge is 0.377 e. The first kappa shape index (κ1) is 19.2. The molecule has 1 N–H and O–H groups in total. The number of halogens is 1. The maximum Gasteiger partial charge on any atom is 0.194 e. The molecule has 5 rings (SSSR count). The van der Waals surface area contributed by atoms with Gasteiger partial charge >= 0.3 is 0 Å². The molecule has 3 heterocycles. The molecule has 0 radical (unpaired) electrons. The Balaban J connectivity index is 0.00000168. The zero-order valence-corrected chi connectivity index (χ0v) is 18.0. The zero-order valence-electron chi connectivity index (χ0n) is 15.7. The van der Waals surface area contributed by atoms with Gasteiger partial charge in [0.05, 0.1) is 18.8 Å². The molecule has 0 amide bonds. The summed E-state index contributed by atoms with van der Waals surface area (Å²) in [5.74, 6) is 1.72. The third-order valence-corrected chi connectivity index (χ3v) is 7.31. The van der Waals surface area contributed by atoms with E-state index in [0.717, 1.165) is 51.7 Å². The Labute approximate surface area is 173 Å². The fourth-order valence-electron chi connectivity index (χ4n) is 5.88. The van der Waals surface area contributed by atoms with Crippen LogP contribution in [-0.4, -0.2) is 75.2 Å². The normalized spacial score (nSPS) is 41.2. The standard InChI is InChI=1S/C19H31N3O3.HI/c1-20-18(22-8-11-24-15(12-22)14-4-2-9-23-14)21-16-13-5-10-25-17(13)19(16)6-3-7-19;/h13-17H,2-12H2,1H3,(H,20,21);1H. The Morgan fingerprint density at radius 1 is 1.04 bits per heavy atom. The fraction of sp³-hybridized carbons (Fsp3) is 0.947. The lowest BCUT2D eigenvalue weighted by Gasteiger charge is -2.63. The summed E-state index contributed by atoms with van der Waals surface area (Å²) in [6.07, 6.45) is 8.38. The first-order valence-corrected chi connectivity index (χ1v) is 10.1. The number of nitrogens with one attached hydrogen (secondary N) is 1. The minimum absolute atomic E-state index is 0. The molecule has 0 aromatic carbocycles. The lowest BCUT2D eigenvalue weighted by Crippen LogP contribution is -2.73. The number of hydrogen-bond acceptors (Lipinski definition) is 4. The van der Waals surface area contributed by atoms with Crippen molar-refractivity contribution in [2.24, 2.45) is 16.3 Å². The summed E-state index contributed by atoms with van der Waals surface area (Å²) in [6.45, 7) is 4.37. The van der Waals surface area contributed by atoms with Crippen molar-refractivity contribution in [3.8, 4) is 0 Å². The number of aliphatic imine (C=N–C) groups is 1. The molecule has 5 fully saturated rings. The number of guanidine groups is 1. The summed E-state index contributed by atoms with van der Waals surface area (Å²) in [6, 6.07) is 0.538. The molecule has 5 aliphatic rings. The molecule has 1 spiro atoms. The topological polar surface area (TPSA) is 55.3 Å². The first-order chi connectivity index (χ1) is 12.3. The van der Waals surface area contributed by atoms with Crippen LogP contribution in [0.3, 0.4) is 0 Å². The number of hydrogen-bond donors (Lipinski definition) is 1. The quantitative estimate of drug-likeness (QED) is 0.375. The predicted molar refractivity (Wildman–Crippen MR) is 110 cm³/mol. The number of fused-ring (bicyclic) bond motifs is 2. The maximum atomic E-state index is 6.06. The van der Waals surface area contributed by atoms with Crippen molar-refractivity contribution in [1.82, 2.24) is 10.2 Å². The molecule has 6 nitrogen and oxygen atoms in total. The van der Waals surface area contributed by atoms with Crippen molar-refractivity contribution in [1.29, 1.82) is 0 Å². The van der Waals surface area contributed by atoms with E-state index in [2.05, 4.69) is 15.2 Å². The number of rotatable bonds is 2. The average molecular weight is 477 g/mol. The van der Waals surface area contributed by atoms with Crippen LogP contribution in [0.25, 0.3) is 0 Å². The summed E-state index contributed by atoms with van der Waals surface area (Å²) in [5, 5.41) is 3.85. The number of ether oxygens (including phenoxy) is 3. The van der Waals surface area contributed by atoms with Crippen LogP contribution in [0.4, 0.5) is 0 Å². The van der Waals surface area contributed by atoms with Crippen LogP contribution in [0, 0.1) is 11.3 Å². The van der Waals surface area contributed by atoms with E-state index in [1.165, 1.54) is 25.7 Å². The Kier molecular flexibility index (Phi) is 5.70. The molecule has 3 aliphatic heterocycles. The highest BCUT2D eigenvalue weighted by atomic mass is 127. The van der Waals surface area contributed by atoms with Crippen LogP contribution in [0.2, 0.25) is 0 Å². The second-order valence-electron chi connectivity index (χ2n) is 8.41. The van der Waals surface area contributed by atoms with E-state index in [4.69, 9.17) is 14.2 Å². The van der Waals surface area contributed by atoms with E-state index in [1.54, 1.807) is 0 Å². The third kappa shape index (κ3) is 2.97. The van der Waals surface area contributed by atoms with Crippen LogP contribution in [0.15, 0.2) is 4.99 Å². The predicted octanol–water partition coefficient (Wildman–Crippen LogP) is 2.02. The van der Waals surface area contributed by atoms with E-state index >= 15 is 0 Å². The van der Waals surface area contributed by atoms with E-state index in [9.17, 15) is 0 Å². The van der Waals surface area contributed by atoms with E-state index in [0.29, 0.717) is 23.5 Å². The number of morpholine rings is 1. The summed E-state index contributed by atoms with van der Waals surface area (Å²) >= 11 is 0. The molecule has 0 bridgehead atoms. The van der Waals surface area contributed by atoms with Crippen LogP contribution in [0.1, 0.15) is 38.5 Å². The number of nitrogens with zero attached hydrogens (tertiary/aromatic N) is 2. The van der Waals surface area contributed by atoms with E-state index in [-0.39, 0.29) is 36.2 Å². The smallest absolute Gasteiger partial charge is 0.194 e. The summed E-state index contributed by atoms with van der Waals surface area (Å²) in [4.78, 5) is 7.01. The maximum absolute atomic E-state index is 6.06. The second-order valence-corrected chi connectivity index (χ2v) is 8.41. The molecular formula is C19H32IN3O3. The molecule has 5 atom stereocenters. The van der Waals surface area contributed by atoms with Gasteiger partial charge in [-0.25, -0.2) is 0 Å². The van der Waals surface area contributed by atoms with Gasteiger partial charge in [0.25, 0.3) is 0 Å². The SMILES string of the molecule is CN=C(NC1C2CCOC2C12CCC2)N1CCOC(C2CCCO2)C1.I. The van der Waals surface area contributed by atoms with Gasteiger partial charge in [0, 0.05) is 50.7 Å². The van der Waals surface area contributed by atoms with Crippen LogP contribution < -0.4 is 5.32 Å². The Bertz CT molecular complexity index is 536. The van der Waals surface area contributed by atoms with Gasteiger partial charge in [-0.05, 0) is 32.1 Å². The Morgan fingerprint density at radius 2 is 1.88 bits per heavy atom. The van der Waals surface area contributed by atoms with Crippen molar-refractivity contribution < 1.29 is 14.2 Å². The van der Waals surface area contributed by atoms with Crippen LogP contribution in [0.5, 0.6) is 0 Å². The van der Waals surface area contributed by atoms with E-state index < -0.39 is 0 Å². The lowest BCUT2D eigenvalue weighted by molar-refractivity contribution is -0.172. The minimum Gasteiger partial charge on any atom is -0.377 e. The highest BCUT2D eigenvalue weighted by molar-refractivity contribution is 14.0. The van der Waals surface area contributed by atoms with Crippen molar-refractivity contribution in [3.63, 3.8) is 0 Å². The molecule has 2 saturated carbocycles. The van der Waals surface area contributed by atoms with Crippen LogP contribution >= 0.6 is 24.0 Å². The summed E-state index contributed by atoms with van der Waals surface area (Å²) < 4.78 is 17.9. The highest BCUT2D eigenvalue weighted by Crippen LogP contribution is 2.62. The first-order valence-electron chi connectivity index (χ1n) is 10.1. The molecule has 0 aromatic rings. The van der Waals surface area contributed by atoms with E-state index in [1.807, 2.05) is 7.05 Å². The molecule has 5 unspecified atom stereocenters. The molecule has 2 aliphatic carbocycles. The van der Waals surface area contributed by atoms with Gasteiger partial charge in [-0.15, -0.1) is 24.0 Å². The van der Waals surface area contributed by atoms with Crippen LogP contribution in [-0.2, 0) is 14.2 Å². The van der Waals surface area contributed by atoms with Gasteiger partial charge in [0.2, 0.25) is 0 Å². The molecule has 3 saturated heterocycles. The zero-order chi connectivity index (χ0) is 16.9.